The van der Waals surface area contributed by atoms with Crippen LogP contribution in [0.5, 0.6) is 0 Å². The highest BCUT2D eigenvalue weighted by Crippen LogP contribution is 2.18. The monoisotopic (exact) mass is 444 g/mol. The molecule has 1 fully saturated rings. The summed E-state index contributed by atoms with van der Waals surface area (Å²) in [7, 11) is 0. The smallest absolute Gasteiger partial charge is 0.261 e. The number of piperazine rings is 1. The molecule has 0 saturated carbocycles. The van der Waals surface area contributed by atoms with Crippen molar-refractivity contribution in [2.45, 2.75) is 19.9 Å². The molecule has 4 aromatic rings. The molecule has 0 spiro atoms. The molecule has 1 saturated heterocycles. The summed E-state index contributed by atoms with van der Waals surface area (Å²) in [5.74, 6) is 2.33. The molecule has 0 N–H and O–H groups in total. The Labute approximate surface area is 190 Å². The van der Waals surface area contributed by atoms with Crippen LogP contribution < -0.4 is 10.5 Å². The van der Waals surface area contributed by atoms with E-state index in [9.17, 15) is 9.59 Å². The first-order valence-corrected chi connectivity index (χ1v) is 10.9. The Balaban J connectivity index is 1.21. The summed E-state index contributed by atoms with van der Waals surface area (Å²) >= 11 is 0. The van der Waals surface area contributed by atoms with Gasteiger partial charge in [0.1, 0.15) is 23.8 Å². The van der Waals surface area contributed by atoms with Gasteiger partial charge < -0.3 is 9.80 Å². The standard InChI is InChI=1S/C23H24N8O2/c1-17-26-20(14-21(27-17)30-9-7-24-15-30)28-10-12-29(13-11-28)22(32)6-8-31-16-25-19-5-3-2-4-18(19)23(31)33/h2-5,7,9,14-16H,6,8,10-13H2,1H3. The second-order valence-corrected chi connectivity index (χ2v) is 7.98. The van der Waals surface area contributed by atoms with Gasteiger partial charge in [-0.3, -0.25) is 18.7 Å². The van der Waals surface area contributed by atoms with E-state index in [0.717, 1.165) is 11.6 Å². The van der Waals surface area contributed by atoms with Crippen molar-refractivity contribution < 1.29 is 4.79 Å². The highest BCUT2D eigenvalue weighted by molar-refractivity contribution is 5.78. The first-order valence-electron chi connectivity index (χ1n) is 10.9. The minimum Gasteiger partial charge on any atom is -0.353 e. The highest BCUT2D eigenvalue weighted by Gasteiger charge is 2.22. The summed E-state index contributed by atoms with van der Waals surface area (Å²) in [5.41, 5.74) is 0.545. The molecule has 0 radical (unpaired) electrons. The average Bonchev–Trinajstić information content (AvgIpc) is 3.39. The fourth-order valence-electron chi connectivity index (χ4n) is 4.05. The number of fused-ring (bicyclic) bond motifs is 1. The molecule has 5 rings (SSSR count). The van der Waals surface area contributed by atoms with Crippen LogP contribution >= 0.6 is 0 Å². The van der Waals surface area contributed by atoms with Crippen LogP contribution in [0.15, 0.2) is 60.2 Å². The summed E-state index contributed by atoms with van der Waals surface area (Å²) in [6.07, 6.45) is 7.04. The molecule has 10 heteroatoms. The minimum atomic E-state index is -0.119. The second-order valence-electron chi connectivity index (χ2n) is 7.98. The van der Waals surface area contributed by atoms with Gasteiger partial charge >= 0.3 is 0 Å². The molecule has 0 unspecified atom stereocenters. The Morgan fingerprint density at radius 1 is 1.03 bits per heavy atom. The van der Waals surface area contributed by atoms with Gasteiger partial charge in [0.15, 0.2) is 0 Å². The van der Waals surface area contributed by atoms with Gasteiger partial charge in [0.05, 0.1) is 17.2 Å². The molecule has 1 amide bonds. The molecule has 3 aromatic heterocycles. The van der Waals surface area contributed by atoms with Crippen molar-refractivity contribution in [3.05, 3.63) is 71.6 Å². The SMILES string of the molecule is Cc1nc(N2CCN(C(=O)CCn3cnc4ccccc4c3=O)CC2)cc(-n2ccnc2)n1. The lowest BCUT2D eigenvalue weighted by Gasteiger charge is -2.35. The molecule has 1 aliphatic rings. The van der Waals surface area contributed by atoms with Gasteiger partial charge in [-0.25, -0.2) is 19.9 Å². The Morgan fingerprint density at radius 2 is 1.82 bits per heavy atom. The van der Waals surface area contributed by atoms with E-state index in [4.69, 9.17) is 0 Å². The average molecular weight is 444 g/mol. The van der Waals surface area contributed by atoms with Crippen LogP contribution in [0.3, 0.4) is 0 Å². The second kappa shape index (κ2) is 8.81. The number of amides is 1. The molecule has 1 aromatic carbocycles. The van der Waals surface area contributed by atoms with Crippen molar-refractivity contribution in [1.82, 2.24) is 34.0 Å². The number of anilines is 1. The summed E-state index contributed by atoms with van der Waals surface area (Å²) < 4.78 is 3.36. The Bertz CT molecular complexity index is 1340. The van der Waals surface area contributed by atoms with E-state index in [1.165, 1.54) is 10.9 Å². The van der Waals surface area contributed by atoms with E-state index in [1.54, 1.807) is 18.6 Å². The zero-order valence-electron chi connectivity index (χ0n) is 18.3. The zero-order valence-corrected chi connectivity index (χ0v) is 18.3. The third kappa shape index (κ3) is 4.32. The van der Waals surface area contributed by atoms with Gasteiger partial charge in [0.2, 0.25) is 5.91 Å². The van der Waals surface area contributed by atoms with Crippen LogP contribution in [0.25, 0.3) is 16.7 Å². The fraction of sp³-hybridized carbons (Fsp3) is 0.304. The van der Waals surface area contributed by atoms with Crippen LogP contribution in [-0.2, 0) is 11.3 Å². The predicted molar refractivity (Wildman–Crippen MR) is 123 cm³/mol. The first-order chi connectivity index (χ1) is 16.1. The normalized spacial score (nSPS) is 14.1. The highest BCUT2D eigenvalue weighted by atomic mass is 16.2. The number of aromatic nitrogens is 6. The van der Waals surface area contributed by atoms with Crippen LogP contribution in [0.4, 0.5) is 5.82 Å². The molecule has 4 heterocycles. The third-order valence-electron chi connectivity index (χ3n) is 5.83. The van der Waals surface area contributed by atoms with Crippen molar-refractivity contribution in [1.29, 1.82) is 0 Å². The number of aryl methyl sites for hydroxylation is 2. The first kappa shape index (κ1) is 20.8. The Hall–Kier alpha value is -4.08. The quantitative estimate of drug-likeness (QED) is 0.459. The van der Waals surface area contributed by atoms with E-state index >= 15 is 0 Å². The summed E-state index contributed by atoms with van der Waals surface area (Å²) in [4.78, 5) is 46.9. The number of imidazole rings is 1. The summed E-state index contributed by atoms with van der Waals surface area (Å²) in [6, 6.07) is 9.17. The van der Waals surface area contributed by atoms with Crippen LogP contribution in [0, 0.1) is 6.92 Å². The number of para-hydroxylation sites is 1. The van der Waals surface area contributed by atoms with E-state index < -0.39 is 0 Å². The maximum atomic E-state index is 12.8. The lowest BCUT2D eigenvalue weighted by molar-refractivity contribution is -0.131. The van der Waals surface area contributed by atoms with Crippen molar-refractivity contribution >= 4 is 22.6 Å². The van der Waals surface area contributed by atoms with Crippen LogP contribution in [-0.4, -0.2) is 66.1 Å². The van der Waals surface area contributed by atoms with Crippen LogP contribution in [0.1, 0.15) is 12.2 Å². The Kier molecular flexibility index (Phi) is 5.55. The van der Waals surface area contributed by atoms with Crippen molar-refractivity contribution in [2.24, 2.45) is 0 Å². The molecular weight excluding hydrogens is 420 g/mol. The van der Waals surface area contributed by atoms with E-state index in [1.807, 2.05) is 46.9 Å². The van der Waals surface area contributed by atoms with E-state index in [0.29, 0.717) is 49.5 Å². The number of carbonyl (C=O) groups is 1. The molecular formula is C23H24N8O2. The van der Waals surface area contributed by atoms with Gasteiger partial charge in [0, 0.05) is 57.6 Å². The topological polar surface area (TPSA) is 102 Å². The summed E-state index contributed by atoms with van der Waals surface area (Å²) in [5, 5.41) is 0.566. The maximum absolute atomic E-state index is 12.8. The van der Waals surface area contributed by atoms with Crippen LogP contribution in [0.2, 0.25) is 0 Å². The lowest BCUT2D eigenvalue weighted by atomic mass is 10.2. The zero-order chi connectivity index (χ0) is 22.8. The maximum Gasteiger partial charge on any atom is 0.261 e. The largest absolute Gasteiger partial charge is 0.353 e. The number of rotatable bonds is 5. The van der Waals surface area contributed by atoms with E-state index in [2.05, 4.69) is 24.8 Å². The van der Waals surface area contributed by atoms with E-state index in [-0.39, 0.29) is 17.9 Å². The van der Waals surface area contributed by atoms with Gasteiger partial charge in [-0.05, 0) is 19.1 Å². The number of carbonyl (C=O) groups excluding carboxylic acids is 1. The molecule has 10 nitrogen and oxygen atoms in total. The van der Waals surface area contributed by atoms with Crippen molar-refractivity contribution in [3.63, 3.8) is 0 Å². The van der Waals surface area contributed by atoms with Gasteiger partial charge in [0.25, 0.3) is 5.56 Å². The van der Waals surface area contributed by atoms with Crippen molar-refractivity contribution in [3.8, 4) is 5.82 Å². The fourth-order valence-corrected chi connectivity index (χ4v) is 4.05. The number of hydrogen-bond acceptors (Lipinski definition) is 7. The van der Waals surface area contributed by atoms with Gasteiger partial charge in [-0.15, -0.1) is 0 Å². The predicted octanol–water partition coefficient (Wildman–Crippen LogP) is 1.42. The molecule has 168 valence electrons. The lowest BCUT2D eigenvalue weighted by Crippen LogP contribution is -2.49. The number of nitrogens with zero attached hydrogens (tertiary/aromatic N) is 8. The van der Waals surface area contributed by atoms with Crippen molar-refractivity contribution in [2.75, 3.05) is 31.1 Å². The van der Waals surface area contributed by atoms with Gasteiger partial charge in [-0.1, -0.05) is 12.1 Å². The molecule has 0 atom stereocenters. The number of benzene rings is 1. The summed E-state index contributed by atoms with van der Waals surface area (Å²) in [6.45, 7) is 4.76. The molecule has 33 heavy (non-hydrogen) atoms. The Morgan fingerprint density at radius 3 is 2.61 bits per heavy atom. The molecule has 1 aliphatic heterocycles. The number of hydrogen-bond donors (Lipinski definition) is 0. The third-order valence-corrected chi connectivity index (χ3v) is 5.83. The molecule has 0 bridgehead atoms. The minimum absolute atomic E-state index is 0.0349. The molecule has 0 aliphatic carbocycles. The van der Waals surface area contributed by atoms with Gasteiger partial charge in [-0.2, -0.15) is 0 Å².